The summed E-state index contributed by atoms with van der Waals surface area (Å²) in [5.41, 5.74) is 12.6. The zero-order chi connectivity index (χ0) is 20.0. The Balaban J connectivity index is 1.78. The van der Waals surface area contributed by atoms with E-state index in [9.17, 15) is 4.79 Å². The molecule has 1 aliphatic rings. The Kier molecular flexibility index (Phi) is 5.69. The third-order valence-corrected chi connectivity index (χ3v) is 5.11. The van der Waals surface area contributed by atoms with Gasteiger partial charge in [0.25, 0.3) is 11.9 Å². The Morgan fingerprint density at radius 1 is 1.25 bits per heavy atom. The summed E-state index contributed by atoms with van der Waals surface area (Å²) in [5.74, 6) is -0.0165. The lowest BCUT2D eigenvalue weighted by Gasteiger charge is -2.42. The van der Waals surface area contributed by atoms with Crippen molar-refractivity contribution in [2.75, 3.05) is 25.4 Å². The third kappa shape index (κ3) is 4.01. The van der Waals surface area contributed by atoms with Gasteiger partial charge in [-0.25, -0.2) is 9.97 Å². The molecule has 1 aromatic heterocycles. The van der Waals surface area contributed by atoms with Crippen molar-refractivity contribution < 1.29 is 4.79 Å². The molecule has 1 aromatic carbocycles. The number of hydrogen-bond acceptors (Lipinski definition) is 5. The number of hydrogen-bond donors (Lipinski definition) is 3. The van der Waals surface area contributed by atoms with Gasteiger partial charge in [-0.3, -0.25) is 4.79 Å². The minimum Gasteiger partial charge on any atom is -0.382 e. The van der Waals surface area contributed by atoms with Gasteiger partial charge < -0.3 is 21.7 Å². The van der Waals surface area contributed by atoms with E-state index in [1.54, 1.807) is 0 Å². The number of rotatable bonds is 4. The Labute approximate surface area is 163 Å². The predicted molar refractivity (Wildman–Crippen MR) is 106 cm³/mol. The van der Waals surface area contributed by atoms with Gasteiger partial charge in [0.2, 0.25) is 0 Å². The highest BCUT2D eigenvalue weighted by Gasteiger charge is 2.37. The monoisotopic (exact) mass is 378 g/mol. The van der Waals surface area contributed by atoms with Gasteiger partial charge in [0.1, 0.15) is 5.10 Å². The quantitative estimate of drug-likeness (QED) is 0.315. The molecular formula is C19H22N8O. The summed E-state index contributed by atoms with van der Waals surface area (Å²) < 4.78 is 0. The summed E-state index contributed by atoms with van der Waals surface area (Å²) in [7, 11) is 0. The number of anilines is 1. The Hall–Kier alpha value is -3.67. The first kappa shape index (κ1) is 19.1. The molecule has 9 heteroatoms. The van der Waals surface area contributed by atoms with E-state index in [1.165, 1.54) is 12.4 Å². The average Bonchev–Trinajstić information content (AvgIpc) is 2.73. The van der Waals surface area contributed by atoms with Gasteiger partial charge in [0.15, 0.2) is 11.5 Å². The summed E-state index contributed by atoms with van der Waals surface area (Å²) in [6.45, 7) is 8.55. The van der Waals surface area contributed by atoms with Gasteiger partial charge in [-0.1, -0.05) is 30.3 Å². The van der Waals surface area contributed by atoms with Crippen molar-refractivity contribution in [1.82, 2.24) is 20.2 Å². The molecule has 0 spiro atoms. The van der Waals surface area contributed by atoms with Crippen molar-refractivity contribution in [2.45, 2.75) is 18.3 Å². The van der Waals surface area contributed by atoms with Gasteiger partial charge in [-0.15, -0.1) is 4.95 Å². The second-order valence-corrected chi connectivity index (χ2v) is 6.66. The number of piperidine rings is 1. The van der Waals surface area contributed by atoms with Gasteiger partial charge in [-0.05, 0) is 18.4 Å². The zero-order valence-corrected chi connectivity index (χ0v) is 15.4. The number of carbonyl (C=O) groups is 1. The molecule has 5 N–H and O–H groups in total. The van der Waals surface area contributed by atoms with E-state index in [0.717, 1.165) is 18.4 Å². The van der Waals surface area contributed by atoms with Crippen LogP contribution in [-0.4, -0.2) is 46.4 Å². The van der Waals surface area contributed by atoms with Crippen molar-refractivity contribution in [1.29, 1.82) is 0 Å². The Morgan fingerprint density at radius 2 is 1.93 bits per heavy atom. The topological polar surface area (TPSA) is 127 Å². The van der Waals surface area contributed by atoms with E-state index in [2.05, 4.69) is 37.5 Å². The smallest absolute Gasteiger partial charge is 0.277 e. The summed E-state index contributed by atoms with van der Waals surface area (Å²) in [6.07, 6.45) is 4.39. The second kappa shape index (κ2) is 8.35. The van der Waals surface area contributed by atoms with E-state index in [1.807, 2.05) is 23.1 Å². The molecule has 9 nitrogen and oxygen atoms in total. The molecule has 1 aliphatic heterocycles. The molecule has 0 radical (unpaired) electrons. The Bertz CT molecular complexity index is 898. The van der Waals surface area contributed by atoms with Crippen LogP contribution in [0.1, 0.15) is 28.9 Å². The molecule has 2 aromatic rings. The van der Waals surface area contributed by atoms with Crippen molar-refractivity contribution >= 4 is 17.7 Å². The maximum Gasteiger partial charge on any atom is 0.277 e. The van der Waals surface area contributed by atoms with Crippen LogP contribution in [0.4, 0.5) is 5.82 Å². The van der Waals surface area contributed by atoms with Crippen LogP contribution in [0.5, 0.6) is 0 Å². The fraction of sp³-hybridized carbons (Fsp3) is 0.316. The van der Waals surface area contributed by atoms with Crippen LogP contribution in [0.15, 0.2) is 47.8 Å². The number of likely N-dealkylation sites (tertiary alicyclic amines) is 1. The maximum absolute atomic E-state index is 12.6. The molecule has 3 rings (SSSR count). The largest absolute Gasteiger partial charge is 0.382 e. The number of guanidine groups is 1. The van der Waals surface area contributed by atoms with E-state index < -0.39 is 0 Å². The SMILES string of the molecule is [C-]#[N+]/N=C(\N)N1CCC(CNC(=O)c2nccnc2N)(c2ccccc2)CC1. The number of carbonyl (C=O) groups excluding carboxylic acids is 1. The molecule has 1 fully saturated rings. The third-order valence-electron chi connectivity index (χ3n) is 5.11. The molecule has 2 heterocycles. The zero-order valence-electron chi connectivity index (χ0n) is 15.4. The molecule has 144 valence electrons. The van der Waals surface area contributed by atoms with Gasteiger partial charge in [-0.2, -0.15) is 6.57 Å². The lowest BCUT2D eigenvalue weighted by molar-refractivity contribution is 0.0928. The average molecular weight is 378 g/mol. The maximum atomic E-state index is 12.6. The summed E-state index contributed by atoms with van der Waals surface area (Å²) in [4.78, 5) is 25.4. The van der Waals surface area contributed by atoms with Crippen LogP contribution < -0.4 is 16.8 Å². The molecule has 1 amide bonds. The van der Waals surface area contributed by atoms with Gasteiger partial charge in [0.05, 0.1) is 0 Å². The highest BCUT2D eigenvalue weighted by atomic mass is 16.1. The molecule has 0 unspecified atom stereocenters. The number of nitrogens with zero attached hydrogens (tertiary/aromatic N) is 5. The highest BCUT2D eigenvalue weighted by molar-refractivity contribution is 5.96. The van der Waals surface area contributed by atoms with E-state index in [-0.39, 0.29) is 28.8 Å². The van der Waals surface area contributed by atoms with Crippen molar-refractivity contribution in [2.24, 2.45) is 10.8 Å². The number of benzene rings is 1. The number of nitrogens with two attached hydrogens (primary N) is 2. The first-order valence-electron chi connectivity index (χ1n) is 8.91. The number of amides is 1. The van der Waals surface area contributed by atoms with Crippen LogP contribution in [0.25, 0.3) is 4.95 Å². The van der Waals surface area contributed by atoms with Gasteiger partial charge in [0, 0.05) is 37.4 Å². The van der Waals surface area contributed by atoms with Crippen molar-refractivity contribution in [3.63, 3.8) is 0 Å². The fourth-order valence-electron chi connectivity index (χ4n) is 3.49. The van der Waals surface area contributed by atoms with Crippen LogP contribution >= 0.6 is 0 Å². The first-order chi connectivity index (χ1) is 13.6. The lowest BCUT2D eigenvalue weighted by atomic mass is 9.72. The van der Waals surface area contributed by atoms with E-state index in [4.69, 9.17) is 18.0 Å². The minimum absolute atomic E-state index is 0.103. The van der Waals surface area contributed by atoms with Crippen LogP contribution in [-0.2, 0) is 5.41 Å². The molecule has 0 atom stereocenters. The van der Waals surface area contributed by atoms with E-state index >= 15 is 0 Å². The standard InChI is InChI=1S/C19H22N8O/c1-22-26-18(21)27-11-7-19(8-12-27,14-5-3-2-4-6-14)13-25-17(28)15-16(20)24-10-9-23-15/h2-6,9-10H,7-8,11-13H2,(H2,20,24)(H2,21,26)(H,25,28). The van der Waals surface area contributed by atoms with Crippen LogP contribution in [0.2, 0.25) is 0 Å². The van der Waals surface area contributed by atoms with Crippen molar-refractivity contribution in [3.05, 3.63) is 65.5 Å². The summed E-state index contributed by atoms with van der Waals surface area (Å²) >= 11 is 0. The van der Waals surface area contributed by atoms with Crippen LogP contribution in [0, 0.1) is 6.57 Å². The highest BCUT2D eigenvalue weighted by Crippen LogP contribution is 2.35. The van der Waals surface area contributed by atoms with Crippen LogP contribution in [0.3, 0.4) is 0 Å². The van der Waals surface area contributed by atoms with Gasteiger partial charge >= 0.3 is 0 Å². The molecule has 1 saturated heterocycles. The molecular weight excluding hydrogens is 356 g/mol. The molecule has 28 heavy (non-hydrogen) atoms. The normalized spacial score (nSPS) is 16.2. The predicted octanol–water partition coefficient (Wildman–Crippen LogP) is 0.971. The lowest BCUT2D eigenvalue weighted by Crippen LogP contribution is -2.52. The number of nitrogens with one attached hydrogen (secondary N) is 1. The summed E-state index contributed by atoms with van der Waals surface area (Å²) in [5, 5.41) is 6.57. The number of aromatic nitrogens is 2. The second-order valence-electron chi connectivity index (χ2n) is 6.66. The Morgan fingerprint density at radius 3 is 2.57 bits per heavy atom. The first-order valence-corrected chi connectivity index (χ1v) is 8.91. The fourth-order valence-corrected chi connectivity index (χ4v) is 3.49. The van der Waals surface area contributed by atoms with Crippen molar-refractivity contribution in [3.8, 4) is 0 Å². The number of nitrogen functional groups attached to an aromatic ring is 1. The molecule has 0 aliphatic carbocycles. The molecule has 0 saturated carbocycles. The minimum atomic E-state index is -0.350. The summed E-state index contributed by atoms with van der Waals surface area (Å²) in [6, 6.07) is 10.1. The van der Waals surface area contributed by atoms with E-state index in [0.29, 0.717) is 19.6 Å². The molecule has 0 bridgehead atoms.